The molecule has 0 spiro atoms. The monoisotopic (exact) mass is 532 g/mol. The molecule has 1 unspecified atom stereocenters. The molecule has 0 radical (unpaired) electrons. The van der Waals surface area contributed by atoms with E-state index < -0.39 is 17.5 Å². The predicted molar refractivity (Wildman–Crippen MR) is 146 cm³/mol. The van der Waals surface area contributed by atoms with Gasteiger partial charge in [-0.05, 0) is 60.2 Å². The van der Waals surface area contributed by atoms with Crippen LogP contribution < -0.4 is 21.1 Å². The van der Waals surface area contributed by atoms with Crippen molar-refractivity contribution in [2.45, 2.75) is 59.1 Å². The first kappa shape index (κ1) is 26.5. The average molecular weight is 533 g/mol. The van der Waals surface area contributed by atoms with E-state index >= 15 is 0 Å². The number of aromatic nitrogens is 1. The van der Waals surface area contributed by atoms with Gasteiger partial charge in [0.1, 0.15) is 34.7 Å². The molecule has 8 nitrogen and oxygen atoms in total. The van der Waals surface area contributed by atoms with Crippen molar-refractivity contribution >= 4 is 28.9 Å². The molecule has 0 bridgehead atoms. The fourth-order valence-corrected chi connectivity index (χ4v) is 5.05. The number of nitrogens with zero attached hydrogens (tertiary/aromatic N) is 1. The summed E-state index contributed by atoms with van der Waals surface area (Å²) < 4.78 is 26.7. The van der Waals surface area contributed by atoms with Crippen LogP contribution in [-0.2, 0) is 21.4 Å². The Bertz CT molecular complexity index is 1490. The van der Waals surface area contributed by atoms with Crippen LogP contribution in [0.2, 0.25) is 0 Å². The van der Waals surface area contributed by atoms with Gasteiger partial charge in [-0.3, -0.25) is 4.79 Å². The lowest BCUT2D eigenvalue weighted by molar-refractivity contribution is -0.126. The summed E-state index contributed by atoms with van der Waals surface area (Å²) in [4.78, 5) is 29.4. The number of hydrogen-bond donors (Lipinski definition) is 3. The zero-order valence-corrected chi connectivity index (χ0v) is 22.7. The molecule has 5 rings (SSSR count). The van der Waals surface area contributed by atoms with E-state index in [1.54, 1.807) is 13.0 Å². The molecule has 2 aliphatic heterocycles. The summed E-state index contributed by atoms with van der Waals surface area (Å²) in [5, 5.41) is 6.37. The van der Waals surface area contributed by atoms with Gasteiger partial charge in [0.15, 0.2) is 12.0 Å². The lowest BCUT2D eigenvalue weighted by Crippen LogP contribution is -2.40. The normalized spacial score (nSPS) is 20.4. The van der Waals surface area contributed by atoms with E-state index in [1.165, 1.54) is 18.4 Å². The van der Waals surface area contributed by atoms with Crippen LogP contribution in [0.3, 0.4) is 0 Å². The molecule has 0 saturated carbocycles. The van der Waals surface area contributed by atoms with Gasteiger partial charge < -0.3 is 30.3 Å². The van der Waals surface area contributed by atoms with Crippen LogP contribution in [0.25, 0.3) is 5.70 Å². The molecule has 2 aliphatic rings. The van der Waals surface area contributed by atoms with Crippen LogP contribution in [0.4, 0.5) is 15.9 Å². The molecule has 3 atom stereocenters. The van der Waals surface area contributed by atoms with Crippen LogP contribution in [-0.4, -0.2) is 22.9 Å². The van der Waals surface area contributed by atoms with Crippen LogP contribution in [0, 0.1) is 17.2 Å². The number of fused-ring (bicyclic) bond motifs is 5. The lowest BCUT2D eigenvalue weighted by atomic mass is 9.74. The van der Waals surface area contributed by atoms with Gasteiger partial charge in [-0.2, -0.15) is 4.98 Å². The number of hydrogen-bond acceptors (Lipinski definition) is 7. The van der Waals surface area contributed by atoms with Crippen molar-refractivity contribution in [3.63, 3.8) is 0 Å². The number of carbonyl (C=O) groups excluding carboxylic acids is 2. The molecule has 1 amide bonds. The highest BCUT2D eigenvalue weighted by atomic mass is 19.1. The molecular weight excluding hydrogens is 499 g/mol. The smallest absolute Gasteiger partial charge is 0.244 e. The molecule has 9 heteroatoms. The molecule has 3 heterocycles. The predicted octanol–water partition coefficient (Wildman–Crippen LogP) is 5.19. The number of aryl methyl sites for hydroxylation is 1. The minimum atomic E-state index is -1.05. The van der Waals surface area contributed by atoms with E-state index in [9.17, 15) is 14.0 Å². The summed E-state index contributed by atoms with van der Waals surface area (Å²) in [6.45, 7) is 9.38. The first-order valence-corrected chi connectivity index (χ1v) is 13.0. The number of oxazole rings is 1. The summed E-state index contributed by atoms with van der Waals surface area (Å²) in [5.74, 6) is 0.0169. The summed E-state index contributed by atoms with van der Waals surface area (Å²) in [5.41, 5.74) is 7.90. The van der Waals surface area contributed by atoms with Gasteiger partial charge in [0.05, 0.1) is 0 Å². The summed E-state index contributed by atoms with van der Waals surface area (Å²) >= 11 is 0. The first-order chi connectivity index (χ1) is 18.4. The molecule has 0 saturated heterocycles. The Morgan fingerprint density at radius 2 is 2.00 bits per heavy atom. The third-order valence-electron chi connectivity index (χ3n) is 7.70. The number of nitrogens with two attached hydrogens (primary N) is 1. The number of anilines is 2. The number of Topliss-reactive ketones (excluding diaryl/α,β-unsaturated/α-hetero) is 1. The second-order valence-corrected chi connectivity index (χ2v) is 11.4. The third-order valence-corrected chi connectivity index (χ3v) is 7.70. The van der Waals surface area contributed by atoms with E-state index in [1.807, 2.05) is 52.0 Å². The van der Waals surface area contributed by atoms with Crippen LogP contribution >= 0.6 is 0 Å². The minimum Gasteiger partial charge on any atom is -0.469 e. The van der Waals surface area contributed by atoms with Crippen LogP contribution in [0.15, 0.2) is 53.2 Å². The molecule has 4 N–H and O–H groups in total. The number of ether oxygens (including phenoxy) is 1. The summed E-state index contributed by atoms with van der Waals surface area (Å²) in [6.07, 6.45) is 3.44. The van der Waals surface area contributed by atoms with Crippen molar-refractivity contribution in [1.82, 2.24) is 10.3 Å². The number of ketones is 1. The summed E-state index contributed by atoms with van der Waals surface area (Å²) in [6, 6.07) is 10.3. The van der Waals surface area contributed by atoms with Crippen molar-refractivity contribution in [2.24, 2.45) is 11.3 Å². The van der Waals surface area contributed by atoms with Crippen molar-refractivity contribution < 1.29 is 23.1 Å². The number of nitrogens with one attached hydrogen (secondary N) is 2. The molecule has 0 aliphatic carbocycles. The van der Waals surface area contributed by atoms with Gasteiger partial charge >= 0.3 is 0 Å². The van der Waals surface area contributed by atoms with Gasteiger partial charge in [-0.25, -0.2) is 4.39 Å². The summed E-state index contributed by atoms with van der Waals surface area (Å²) in [7, 11) is 0. The van der Waals surface area contributed by atoms with Crippen molar-refractivity contribution in [2.75, 3.05) is 11.1 Å². The zero-order chi connectivity index (χ0) is 28.1. The highest BCUT2D eigenvalue weighted by Gasteiger charge is 2.55. The number of rotatable bonds is 7. The number of carbonyl (C=O) groups is 2. The Morgan fingerprint density at radius 3 is 2.67 bits per heavy atom. The van der Waals surface area contributed by atoms with Crippen molar-refractivity contribution in [1.29, 1.82) is 0 Å². The van der Waals surface area contributed by atoms with Gasteiger partial charge in [-0.15, -0.1) is 0 Å². The van der Waals surface area contributed by atoms with E-state index in [0.29, 0.717) is 35.5 Å². The van der Waals surface area contributed by atoms with E-state index in [2.05, 4.69) is 15.6 Å². The molecule has 1 aromatic heterocycles. The molecule has 3 aromatic rings. The highest BCUT2D eigenvalue weighted by molar-refractivity contribution is 5.89. The largest absolute Gasteiger partial charge is 0.469 e. The average Bonchev–Trinajstić information content (AvgIpc) is 3.52. The maximum atomic E-state index is 14.7. The Balaban J connectivity index is 1.71. The van der Waals surface area contributed by atoms with Crippen molar-refractivity contribution in [3.8, 4) is 5.75 Å². The molecule has 204 valence electrons. The van der Waals surface area contributed by atoms with E-state index in [0.717, 1.165) is 11.1 Å². The fraction of sp³-hybridized carbons (Fsp3) is 0.367. The minimum absolute atomic E-state index is 0.0913. The number of amides is 1. The fourth-order valence-electron chi connectivity index (χ4n) is 5.05. The second kappa shape index (κ2) is 9.55. The Morgan fingerprint density at radius 1 is 1.23 bits per heavy atom. The maximum Gasteiger partial charge on any atom is 0.244 e. The Kier molecular flexibility index (Phi) is 6.48. The number of halogens is 1. The Labute approximate surface area is 226 Å². The zero-order valence-electron chi connectivity index (χ0n) is 22.7. The van der Waals surface area contributed by atoms with E-state index in [4.69, 9.17) is 14.9 Å². The van der Waals surface area contributed by atoms with Gasteiger partial charge in [0.25, 0.3) is 0 Å². The standard InChI is InChI=1S/C30H33FN4O4/c1-16(36)6-7-18-8-11-24-21(12-18)30(20-13-19(31)9-10-22(20)34-28(30)39-24)14-23(27-35-25(32)15-38-27)33-26(37)17(2)29(3,4)5/h8-15,17,28,34H,6-7,32H2,1-5H3,(H,33,37)/b23-14+/t17-,28?,30+/m1/s1. The van der Waals surface area contributed by atoms with Gasteiger partial charge in [-0.1, -0.05) is 39.8 Å². The Hall–Kier alpha value is -4.14. The number of benzene rings is 2. The van der Waals surface area contributed by atoms with Gasteiger partial charge in [0.2, 0.25) is 11.8 Å². The third kappa shape index (κ3) is 4.77. The van der Waals surface area contributed by atoms with Crippen LogP contribution in [0.5, 0.6) is 5.75 Å². The number of nitrogen functional groups attached to an aromatic ring is 1. The van der Waals surface area contributed by atoms with Gasteiger partial charge in [0, 0.05) is 23.6 Å². The molecular formula is C30H33FN4O4. The lowest BCUT2D eigenvalue weighted by Gasteiger charge is -2.28. The SMILES string of the molecule is CC(=O)CCc1ccc2c(c1)[C@]1(/C=C(/NC(=O)[C@@H](C)C(C)(C)C)c3nc(N)co3)c3cc(F)ccc3NC1O2. The molecule has 2 aromatic carbocycles. The molecule has 39 heavy (non-hydrogen) atoms. The second-order valence-electron chi connectivity index (χ2n) is 11.4. The first-order valence-electron chi connectivity index (χ1n) is 13.0. The topological polar surface area (TPSA) is 119 Å². The highest BCUT2D eigenvalue weighted by Crippen LogP contribution is 2.55. The maximum absolute atomic E-state index is 14.7. The molecule has 0 fully saturated rings. The van der Waals surface area contributed by atoms with E-state index in [-0.39, 0.29) is 34.7 Å². The van der Waals surface area contributed by atoms with Crippen LogP contribution in [0.1, 0.15) is 63.6 Å². The van der Waals surface area contributed by atoms with Crippen molar-refractivity contribution in [3.05, 3.63) is 77.1 Å². The quantitative estimate of drug-likeness (QED) is 0.383.